The summed E-state index contributed by atoms with van der Waals surface area (Å²) in [5.74, 6) is 0. The zero-order valence-corrected chi connectivity index (χ0v) is 10.6. The lowest BCUT2D eigenvalue weighted by Gasteiger charge is -2.10. The molecule has 14 heavy (non-hydrogen) atoms. The highest BCUT2D eigenvalue weighted by Crippen LogP contribution is 2.47. The van der Waals surface area contributed by atoms with Crippen LogP contribution in [0.15, 0.2) is 18.2 Å². The van der Waals surface area contributed by atoms with E-state index in [9.17, 15) is 0 Å². The first kappa shape index (κ1) is 10.1. The van der Waals surface area contributed by atoms with Gasteiger partial charge >= 0.3 is 0 Å². The van der Waals surface area contributed by atoms with Crippen LogP contribution in [-0.2, 0) is 0 Å². The fourth-order valence-electron chi connectivity index (χ4n) is 1.57. The Bertz CT molecular complexity index is 360. The Hall–Kier alpha value is -0.450. The van der Waals surface area contributed by atoms with Crippen LogP contribution in [0, 0.1) is 8.99 Å². The summed E-state index contributed by atoms with van der Waals surface area (Å²) in [6.45, 7) is 4.54. The SMILES string of the molecule is CC1(C)CC1Nc1ccc(I)cc1N. The molecule has 1 unspecified atom stereocenters. The van der Waals surface area contributed by atoms with Crippen molar-refractivity contribution in [3.63, 3.8) is 0 Å². The maximum absolute atomic E-state index is 5.92. The topological polar surface area (TPSA) is 38.0 Å². The molecule has 2 rings (SSSR count). The summed E-state index contributed by atoms with van der Waals surface area (Å²) in [6.07, 6.45) is 1.23. The van der Waals surface area contributed by atoms with Gasteiger partial charge in [0.05, 0.1) is 11.4 Å². The maximum atomic E-state index is 5.92. The van der Waals surface area contributed by atoms with Crippen LogP contribution in [0.4, 0.5) is 11.4 Å². The van der Waals surface area contributed by atoms with Gasteiger partial charge in [-0.3, -0.25) is 0 Å². The quantitative estimate of drug-likeness (QED) is 0.651. The zero-order chi connectivity index (χ0) is 10.3. The van der Waals surface area contributed by atoms with Crippen molar-refractivity contribution in [2.24, 2.45) is 5.41 Å². The molecule has 1 saturated carbocycles. The third-order valence-electron chi connectivity index (χ3n) is 2.86. The molecule has 0 aliphatic heterocycles. The fourth-order valence-corrected chi connectivity index (χ4v) is 2.08. The molecule has 1 aliphatic rings. The summed E-state index contributed by atoms with van der Waals surface area (Å²) in [7, 11) is 0. The van der Waals surface area contributed by atoms with Gasteiger partial charge in [0.15, 0.2) is 0 Å². The van der Waals surface area contributed by atoms with E-state index in [1.807, 2.05) is 6.07 Å². The number of hydrogen-bond donors (Lipinski definition) is 2. The fraction of sp³-hybridized carbons (Fsp3) is 0.455. The van der Waals surface area contributed by atoms with E-state index in [0.717, 1.165) is 11.4 Å². The maximum Gasteiger partial charge on any atom is 0.0577 e. The number of nitrogens with two attached hydrogens (primary N) is 1. The van der Waals surface area contributed by atoms with Crippen molar-refractivity contribution in [3.05, 3.63) is 21.8 Å². The van der Waals surface area contributed by atoms with Gasteiger partial charge in [-0.1, -0.05) is 13.8 Å². The van der Waals surface area contributed by atoms with Crippen LogP contribution >= 0.6 is 22.6 Å². The molecule has 0 aromatic heterocycles. The second-order valence-electron chi connectivity index (χ2n) is 4.62. The van der Waals surface area contributed by atoms with Crippen LogP contribution in [-0.4, -0.2) is 6.04 Å². The zero-order valence-electron chi connectivity index (χ0n) is 8.47. The van der Waals surface area contributed by atoms with E-state index >= 15 is 0 Å². The Morgan fingerprint density at radius 3 is 2.64 bits per heavy atom. The van der Waals surface area contributed by atoms with Crippen molar-refractivity contribution in [3.8, 4) is 0 Å². The molecule has 0 bridgehead atoms. The molecule has 3 N–H and O–H groups in total. The Balaban J connectivity index is 2.11. The number of benzene rings is 1. The number of halogens is 1. The van der Waals surface area contributed by atoms with E-state index in [0.29, 0.717) is 11.5 Å². The minimum absolute atomic E-state index is 0.440. The molecule has 0 amide bonds. The molecular weight excluding hydrogens is 287 g/mol. The van der Waals surface area contributed by atoms with Crippen molar-refractivity contribution in [2.75, 3.05) is 11.1 Å². The van der Waals surface area contributed by atoms with E-state index in [1.165, 1.54) is 9.99 Å². The first-order valence-electron chi connectivity index (χ1n) is 4.80. The van der Waals surface area contributed by atoms with Crippen LogP contribution in [0.2, 0.25) is 0 Å². The van der Waals surface area contributed by atoms with Crippen molar-refractivity contribution < 1.29 is 0 Å². The van der Waals surface area contributed by atoms with Crippen molar-refractivity contribution in [1.82, 2.24) is 0 Å². The van der Waals surface area contributed by atoms with Gasteiger partial charge in [-0.25, -0.2) is 0 Å². The van der Waals surface area contributed by atoms with Crippen LogP contribution in [0.5, 0.6) is 0 Å². The number of nitrogen functional groups attached to an aromatic ring is 1. The van der Waals surface area contributed by atoms with Crippen molar-refractivity contribution in [1.29, 1.82) is 0 Å². The first-order valence-corrected chi connectivity index (χ1v) is 5.88. The predicted molar refractivity (Wildman–Crippen MR) is 69.4 cm³/mol. The Labute approximate surface area is 98.4 Å². The molecule has 1 aromatic rings. The van der Waals surface area contributed by atoms with Gasteiger partial charge in [0, 0.05) is 9.61 Å². The molecule has 1 aromatic carbocycles. The highest BCUT2D eigenvalue weighted by molar-refractivity contribution is 14.1. The highest BCUT2D eigenvalue weighted by atomic mass is 127. The standard InChI is InChI=1S/C11H15IN2/c1-11(2)6-10(11)14-9-4-3-7(12)5-8(9)13/h3-5,10,14H,6,13H2,1-2H3. The van der Waals surface area contributed by atoms with E-state index < -0.39 is 0 Å². The second-order valence-corrected chi connectivity index (χ2v) is 5.87. The van der Waals surface area contributed by atoms with Gasteiger partial charge < -0.3 is 11.1 Å². The summed E-state index contributed by atoms with van der Waals surface area (Å²) in [5.41, 5.74) is 8.28. The smallest absolute Gasteiger partial charge is 0.0577 e. The molecule has 1 fully saturated rings. The van der Waals surface area contributed by atoms with E-state index in [1.54, 1.807) is 0 Å². The third-order valence-corrected chi connectivity index (χ3v) is 3.53. The normalized spacial score (nSPS) is 23.2. The van der Waals surface area contributed by atoms with Crippen LogP contribution < -0.4 is 11.1 Å². The van der Waals surface area contributed by atoms with Crippen LogP contribution in [0.3, 0.4) is 0 Å². The summed E-state index contributed by atoms with van der Waals surface area (Å²) in [4.78, 5) is 0. The predicted octanol–water partition coefficient (Wildman–Crippen LogP) is 3.08. The minimum Gasteiger partial charge on any atom is -0.397 e. The number of nitrogens with one attached hydrogen (secondary N) is 1. The molecule has 0 saturated heterocycles. The van der Waals surface area contributed by atoms with E-state index in [2.05, 4.69) is 53.9 Å². The monoisotopic (exact) mass is 302 g/mol. The number of anilines is 2. The number of hydrogen-bond acceptors (Lipinski definition) is 2. The lowest BCUT2D eigenvalue weighted by atomic mass is 10.2. The van der Waals surface area contributed by atoms with Gasteiger partial charge in [-0.05, 0) is 52.6 Å². The average molecular weight is 302 g/mol. The van der Waals surface area contributed by atoms with E-state index in [4.69, 9.17) is 5.73 Å². The number of rotatable bonds is 2. The molecule has 3 heteroatoms. The summed E-state index contributed by atoms with van der Waals surface area (Å²) < 4.78 is 1.18. The molecule has 0 spiro atoms. The summed E-state index contributed by atoms with van der Waals surface area (Å²) in [5, 5.41) is 3.47. The molecule has 1 atom stereocenters. The van der Waals surface area contributed by atoms with Crippen molar-refractivity contribution in [2.45, 2.75) is 26.3 Å². The Kier molecular flexibility index (Phi) is 2.37. The van der Waals surface area contributed by atoms with Gasteiger partial charge in [0.25, 0.3) is 0 Å². The molecule has 0 heterocycles. The minimum atomic E-state index is 0.440. The lowest BCUT2D eigenvalue weighted by molar-refractivity contribution is 0.631. The molecular formula is C11H15IN2. The van der Waals surface area contributed by atoms with Gasteiger partial charge in [0.2, 0.25) is 0 Å². The second kappa shape index (κ2) is 3.29. The van der Waals surface area contributed by atoms with Crippen LogP contribution in [0.25, 0.3) is 0 Å². The van der Waals surface area contributed by atoms with Gasteiger partial charge in [-0.15, -0.1) is 0 Å². The molecule has 2 nitrogen and oxygen atoms in total. The summed E-state index contributed by atoms with van der Waals surface area (Å²) >= 11 is 2.27. The lowest BCUT2D eigenvalue weighted by Crippen LogP contribution is -2.09. The Morgan fingerprint density at radius 1 is 1.50 bits per heavy atom. The van der Waals surface area contributed by atoms with Crippen molar-refractivity contribution >= 4 is 34.0 Å². The molecule has 76 valence electrons. The van der Waals surface area contributed by atoms with Gasteiger partial charge in [0.1, 0.15) is 0 Å². The van der Waals surface area contributed by atoms with E-state index in [-0.39, 0.29) is 0 Å². The van der Waals surface area contributed by atoms with Gasteiger partial charge in [-0.2, -0.15) is 0 Å². The average Bonchev–Trinajstić information content (AvgIpc) is 2.65. The first-order chi connectivity index (χ1) is 6.49. The summed E-state index contributed by atoms with van der Waals surface area (Å²) in [6, 6.07) is 6.73. The molecule has 0 radical (unpaired) electrons. The molecule has 1 aliphatic carbocycles. The Morgan fingerprint density at radius 2 is 2.14 bits per heavy atom. The highest BCUT2D eigenvalue weighted by Gasteiger charge is 2.45. The largest absolute Gasteiger partial charge is 0.397 e. The third kappa shape index (κ3) is 1.97. The van der Waals surface area contributed by atoms with Crippen LogP contribution in [0.1, 0.15) is 20.3 Å².